The molecule has 4 heterocycles. The molecule has 1 aromatic heterocycles. The molecule has 0 amide bonds. The molecule has 3 saturated heterocycles. The molecule has 59 heavy (non-hydrogen) atoms. The first-order valence-electron chi connectivity index (χ1n) is 20.9. The van der Waals surface area contributed by atoms with Gasteiger partial charge in [-0.3, -0.25) is 4.79 Å². The maximum Gasteiger partial charge on any atom is 0.345 e. The van der Waals surface area contributed by atoms with E-state index >= 15 is 0 Å². The van der Waals surface area contributed by atoms with Gasteiger partial charge < -0.3 is 63.3 Å². The van der Waals surface area contributed by atoms with Gasteiger partial charge in [0.2, 0.25) is 0 Å². The number of hydrogen-bond donors (Lipinski definition) is 4. The van der Waals surface area contributed by atoms with Gasteiger partial charge in [-0.15, -0.1) is 0 Å². The van der Waals surface area contributed by atoms with Crippen LogP contribution < -0.4 is 4.84 Å². The second-order valence-corrected chi connectivity index (χ2v) is 17.9. The van der Waals surface area contributed by atoms with E-state index in [1.807, 2.05) is 46.7 Å². The SMILES string of the molecule is CCC1OC(=O)[C@H](C)C(O[C@H]2C[C@@](C)(OC)[C@@H](O)[C@H](C)O2)[C@H](C)[C@@H](O[C@@H]2O[C@H](C)C[C@H](N(C)C)[C@H]2O)[C@](C)(OC)C[C@@H](C)/C(=N\Oc2ncccn2)[C@H](C)[C@@H](O)[C@]1(C)O. The van der Waals surface area contributed by atoms with E-state index < -0.39 is 102 Å². The first kappa shape index (κ1) is 49.2. The van der Waals surface area contributed by atoms with E-state index in [4.69, 9.17) is 38.0 Å². The molecule has 0 radical (unpaired) electrons. The molecule has 17 nitrogen and oxygen atoms in total. The number of cyclic esters (lactones) is 1. The number of ether oxygens (including phenoxy) is 7. The molecule has 18 atom stereocenters. The van der Waals surface area contributed by atoms with E-state index in [0.717, 1.165) is 0 Å². The van der Waals surface area contributed by atoms with E-state index in [9.17, 15) is 25.2 Å². The van der Waals surface area contributed by atoms with E-state index in [1.54, 1.807) is 47.8 Å². The van der Waals surface area contributed by atoms with Crippen molar-refractivity contribution in [2.45, 2.75) is 179 Å². The number of aliphatic hydroxyl groups is 4. The van der Waals surface area contributed by atoms with Gasteiger partial charge in [0.15, 0.2) is 12.6 Å². The summed E-state index contributed by atoms with van der Waals surface area (Å²) in [7, 11) is 6.84. The van der Waals surface area contributed by atoms with Crippen molar-refractivity contribution < 1.29 is 63.2 Å². The van der Waals surface area contributed by atoms with Gasteiger partial charge in [0, 0.05) is 56.8 Å². The molecule has 4 rings (SSSR count). The van der Waals surface area contributed by atoms with Crippen LogP contribution in [0.3, 0.4) is 0 Å². The number of rotatable bonds is 10. The quantitative estimate of drug-likeness (QED) is 0.197. The van der Waals surface area contributed by atoms with Crippen LogP contribution in [-0.4, -0.2) is 160 Å². The van der Waals surface area contributed by atoms with Crippen LogP contribution >= 0.6 is 0 Å². The smallest absolute Gasteiger partial charge is 0.345 e. The number of carbonyl (C=O) groups is 1. The Bertz CT molecular complexity index is 1520. The Kier molecular flexibility index (Phi) is 16.8. The van der Waals surface area contributed by atoms with Crippen molar-refractivity contribution in [2.75, 3.05) is 28.3 Å². The normalized spacial score (nSPS) is 45.2. The topological polar surface area (TPSA) is 213 Å². The molecule has 0 spiro atoms. The molecular formula is C42H72N4O13. The van der Waals surface area contributed by atoms with Crippen molar-refractivity contribution in [1.82, 2.24) is 14.9 Å². The average Bonchev–Trinajstić information content (AvgIpc) is 3.19. The van der Waals surface area contributed by atoms with Crippen molar-refractivity contribution in [1.29, 1.82) is 0 Å². The summed E-state index contributed by atoms with van der Waals surface area (Å²) < 4.78 is 44.7. The van der Waals surface area contributed by atoms with Crippen LogP contribution in [0.15, 0.2) is 23.6 Å². The highest BCUT2D eigenvalue weighted by Gasteiger charge is 2.54. The molecule has 338 valence electrons. The zero-order valence-electron chi connectivity index (χ0n) is 37.5. The first-order chi connectivity index (χ1) is 27.5. The van der Waals surface area contributed by atoms with Gasteiger partial charge >= 0.3 is 12.0 Å². The predicted octanol–water partition coefficient (Wildman–Crippen LogP) is 3.10. The highest BCUT2D eigenvalue weighted by atomic mass is 16.7. The molecule has 3 aliphatic heterocycles. The molecule has 3 aliphatic rings. The zero-order valence-corrected chi connectivity index (χ0v) is 37.5. The summed E-state index contributed by atoms with van der Waals surface area (Å²) in [5, 5.41) is 51.3. The molecule has 0 aromatic carbocycles. The number of carbonyl (C=O) groups excluding carboxylic acids is 1. The Morgan fingerprint density at radius 1 is 0.898 bits per heavy atom. The highest BCUT2D eigenvalue weighted by molar-refractivity contribution is 5.89. The molecule has 0 saturated carbocycles. The van der Waals surface area contributed by atoms with Gasteiger partial charge in [-0.1, -0.05) is 32.9 Å². The Labute approximate surface area is 350 Å². The van der Waals surface area contributed by atoms with Crippen LogP contribution in [0.2, 0.25) is 0 Å². The zero-order chi connectivity index (χ0) is 44.2. The lowest BCUT2D eigenvalue weighted by atomic mass is 9.73. The minimum atomic E-state index is -1.96. The second kappa shape index (κ2) is 20.2. The van der Waals surface area contributed by atoms with Gasteiger partial charge in [-0.25, -0.2) is 9.97 Å². The fourth-order valence-electron chi connectivity index (χ4n) is 9.19. The second-order valence-electron chi connectivity index (χ2n) is 17.9. The van der Waals surface area contributed by atoms with E-state index in [-0.39, 0.29) is 37.4 Å². The van der Waals surface area contributed by atoms with Gasteiger partial charge in [0.25, 0.3) is 0 Å². The minimum absolute atomic E-state index is 0.0249. The fraction of sp³-hybridized carbons (Fsp3) is 0.857. The lowest BCUT2D eigenvalue weighted by molar-refractivity contribution is -0.319. The molecule has 0 aliphatic carbocycles. The maximum atomic E-state index is 14.4. The summed E-state index contributed by atoms with van der Waals surface area (Å²) in [5.41, 5.74) is -3.90. The van der Waals surface area contributed by atoms with Crippen molar-refractivity contribution >= 4 is 11.7 Å². The van der Waals surface area contributed by atoms with Crippen LogP contribution in [0.25, 0.3) is 0 Å². The Balaban J connectivity index is 1.92. The summed E-state index contributed by atoms with van der Waals surface area (Å²) >= 11 is 0. The largest absolute Gasteiger partial charge is 0.459 e. The van der Waals surface area contributed by atoms with Crippen LogP contribution in [0.1, 0.15) is 94.9 Å². The van der Waals surface area contributed by atoms with Crippen LogP contribution in [0.5, 0.6) is 6.01 Å². The van der Waals surface area contributed by atoms with Crippen LogP contribution in [0, 0.1) is 23.7 Å². The molecular weight excluding hydrogens is 768 g/mol. The van der Waals surface area contributed by atoms with Gasteiger partial charge in [0.05, 0.1) is 53.4 Å². The summed E-state index contributed by atoms with van der Waals surface area (Å²) in [6.45, 7) is 17.6. The summed E-state index contributed by atoms with van der Waals surface area (Å²) in [6, 6.07) is 1.32. The van der Waals surface area contributed by atoms with E-state index in [0.29, 0.717) is 12.1 Å². The third kappa shape index (κ3) is 11.0. The van der Waals surface area contributed by atoms with Gasteiger partial charge in [0.1, 0.15) is 23.9 Å². The number of aliphatic hydroxyl groups excluding tert-OH is 3. The van der Waals surface area contributed by atoms with Gasteiger partial charge in [-0.05, 0) is 81.0 Å². The number of esters is 1. The standard InChI is InChI=1S/C42H72N4O13/c1-15-29-42(10,51)34(48)24(4)31(45-59-39-43-17-16-18-44-39)22(2)20-41(9,53-14)36(58-38-32(47)28(46(11)12)19-23(3)54-38)25(5)33(26(6)37(50)56-29)57-30-21-40(8,52-13)35(49)27(7)55-30/h16-18,22-30,32-36,38,47-49,51H,15,19-21H2,1-14H3/b45-31+/t22-,23-,24+,25+,26-,27+,28+,29?,30+,32-,33?,34-,35+,36-,38+,40-,41-,42-/m1/s1. The van der Waals surface area contributed by atoms with Crippen molar-refractivity contribution in [3.8, 4) is 6.01 Å². The van der Waals surface area contributed by atoms with Crippen molar-refractivity contribution in [3.05, 3.63) is 18.5 Å². The third-order valence-electron chi connectivity index (χ3n) is 13.1. The lowest BCUT2D eigenvalue weighted by Gasteiger charge is -2.50. The summed E-state index contributed by atoms with van der Waals surface area (Å²) in [4.78, 5) is 30.4. The van der Waals surface area contributed by atoms with Gasteiger partial charge in [-0.2, -0.15) is 0 Å². The molecule has 0 bridgehead atoms. The number of nitrogens with zero attached hydrogens (tertiary/aromatic N) is 4. The number of hydrogen-bond acceptors (Lipinski definition) is 17. The maximum absolute atomic E-state index is 14.4. The van der Waals surface area contributed by atoms with Crippen molar-refractivity contribution in [3.63, 3.8) is 0 Å². The van der Waals surface area contributed by atoms with E-state index in [1.165, 1.54) is 26.4 Å². The fourth-order valence-corrected chi connectivity index (χ4v) is 9.19. The minimum Gasteiger partial charge on any atom is -0.459 e. The molecule has 3 fully saturated rings. The van der Waals surface area contributed by atoms with Crippen LogP contribution in [-0.2, 0) is 38.0 Å². The Morgan fingerprint density at radius 2 is 1.53 bits per heavy atom. The Morgan fingerprint density at radius 3 is 2.10 bits per heavy atom. The molecule has 4 N–H and O–H groups in total. The number of aromatic nitrogens is 2. The highest BCUT2D eigenvalue weighted by Crippen LogP contribution is 2.42. The van der Waals surface area contributed by atoms with Crippen molar-refractivity contribution in [2.24, 2.45) is 28.8 Å². The lowest BCUT2D eigenvalue weighted by Crippen LogP contribution is -2.61. The first-order valence-corrected chi connectivity index (χ1v) is 20.9. The summed E-state index contributed by atoms with van der Waals surface area (Å²) in [5.74, 6) is -3.82. The predicted molar refractivity (Wildman–Crippen MR) is 216 cm³/mol. The number of methoxy groups -OCH3 is 2. The third-order valence-corrected chi connectivity index (χ3v) is 13.1. The average molecular weight is 841 g/mol. The number of oxime groups is 1. The molecule has 17 heteroatoms. The molecule has 2 unspecified atom stereocenters. The number of likely N-dealkylation sites (N-methyl/N-ethyl adjacent to an activating group) is 1. The van der Waals surface area contributed by atoms with Crippen LogP contribution in [0.4, 0.5) is 0 Å². The Hall–Kier alpha value is -2.42. The molecule has 1 aromatic rings. The monoisotopic (exact) mass is 841 g/mol. The summed E-state index contributed by atoms with van der Waals surface area (Å²) in [6.07, 6.45) is -5.64. The van der Waals surface area contributed by atoms with E-state index in [2.05, 4.69) is 15.1 Å².